The highest BCUT2D eigenvalue weighted by Gasteiger charge is 2.03. The zero-order valence-corrected chi connectivity index (χ0v) is 13.6. The molecule has 0 aliphatic carbocycles. The smallest absolute Gasteiger partial charge is 0.0410 e. The normalized spacial score (nSPS) is 10.8. The minimum atomic E-state index is 0.766. The molecule has 0 spiro atoms. The Bertz CT molecular complexity index is 513. The average molecular weight is 396 g/mol. The van der Waals surface area contributed by atoms with Crippen molar-refractivity contribution in [1.29, 1.82) is 0 Å². The number of rotatable bonds is 4. The molecule has 0 radical (unpaired) electrons. The molecule has 0 bridgehead atoms. The van der Waals surface area contributed by atoms with Crippen LogP contribution in [0, 0.1) is 0 Å². The predicted octanol–water partition coefficient (Wildman–Crippen LogP) is 5.22. The zero-order valence-electron chi connectivity index (χ0n) is 8.84. The summed E-state index contributed by atoms with van der Waals surface area (Å²) in [5.74, 6) is 0. The lowest BCUT2D eigenvalue weighted by Gasteiger charge is -2.07. The first kappa shape index (κ1) is 13.6. The van der Waals surface area contributed by atoms with Gasteiger partial charge in [-0.25, -0.2) is 0 Å². The molecule has 0 aliphatic rings. The van der Waals surface area contributed by atoms with Crippen LogP contribution in [0.2, 0.25) is 5.02 Å². The number of halogens is 3. The van der Waals surface area contributed by atoms with Crippen LogP contribution in [0.25, 0.3) is 0 Å². The third-order valence-electron chi connectivity index (χ3n) is 2.30. The van der Waals surface area contributed by atoms with Crippen LogP contribution < -0.4 is 5.32 Å². The second-order valence-electron chi connectivity index (χ2n) is 3.53. The van der Waals surface area contributed by atoms with E-state index in [-0.39, 0.29) is 0 Å². The first-order valence-electron chi connectivity index (χ1n) is 5.03. The van der Waals surface area contributed by atoms with Crippen molar-refractivity contribution in [2.45, 2.75) is 13.1 Å². The van der Waals surface area contributed by atoms with E-state index >= 15 is 0 Å². The van der Waals surface area contributed by atoms with Gasteiger partial charge >= 0.3 is 0 Å². The molecule has 1 aromatic carbocycles. The Morgan fingerprint density at radius 1 is 1.12 bits per heavy atom. The summed E-state index contributed by atoms with van der Waals surface area (Å²) in [6.45, 7) is 1.66. The highest BCUT2D eigenvalue weighted by Crippen LogP contribution is 2.23. The van der Waals surface area contributed by atoms with Crippen molar-refractivity contribution in [3.05, 3.63) is 54.1 Å². The third-order valence-corrected chi connectivity index (χ3v) is 5.23. The quantitative estimate of drug-likeness (QED) is 0.749. The Kier molecular flexibility index (Phi) is 5.06. The topological polar surface area (TPSA) is 12.0 Å². The number of hydrogen-bond donors (Lipinski definition) is 1. The van der Waals surface area contributed by atoms with E-state index in [1.54, 1.807) is 11.3 Å². The van der Waals surface area contributed by atoms with Gasteiger partial charge in [0.1, 0.15) is 0 Å². The van der Waals surface area contributed by atoms with E-state index < -0.39 is 0 Å². The maximum Gasteiger partial charge on any atom is 0.0410 e. The van der Waals surface area contributed by atoms with Crippen LogP contribution in [0.3, 0.4) is 0 Å². The summed E-state index contributed by atoms with van der Waals surface area (Å²) >= 11 is 14.7. The molecule has 0 saturated heterocycles. The molecule has 17 heavy (non-hydrogen) atoms. The molecule has 0 aliphatic heterocycles. The van der Waals surface area contributed by atoms with Crippen molar-refractivity contribution >= 4 is 54.8 Å². The molecule has 1 heterocycles. The van der Waals surface area contributed by atoms with Crippen LogP contribution in [0.4, 0.5) is 0 Å². The lowest BCUT2D eigenvalue weighted by molar-refractivity contribution is 0.697. The fourth-order valence-electron chi connectivity index (χ4n) is 1.44. The van der Waals surface area contributed by atoms with E-state index in [9.17, 15) is 0 Å². The molecule has 1 N–H and O–H groups in total. The molecule has 2 rings (SSSR count). The van der Waals surface area contributed by atoms with Crippen molar-refractivity contribution in [3.8, 4) is 0 Å². The van der Waals surface area contributed by atoms with Gasteiger partial charge in [0.2, 0.25) is 0 Å². The van der Waals surface area contributed by atoms with Gasteiger partial charge in [-0.3, -0.25) is 0 Å². The van der Waals surface area contributed by atoms with Gasteiger partial charge in [-0.05, 0) is 51.1 Å². The molecule has 5 heteroatoms. The maximum atomic E-state index is 5.97. The SMILES string of the molecule is Clc1ccc(Br)c(CNCc2sccc2Br)c1. The summed E-state index contributed by atoms with van der Waals surface area (Å²) in [5, 5.41) is 6.25. The van der Waals surface area contributed by atoms with Gasteiger partial charge in [-0.1, -0.05) is 27.5 Å². The lowest BCUT2D eigenvalue weighted by atomic mass is 10.2. The highest BCUT2D eigenvalue weighted by molar-refractivity contribution is 9.10. The van der Waals surface area contributed by atoms with Gasteiger partial charge in [0.15, 0.2) is 0 Å². The zero-order chi connectivity index (χ0) is 12.3. The summed E-state index contributed by atoms with van der Waals surface area (Å²) in [4.78, 5) is 1.31. The van der Waals surface area contributed by atoms with Crippen molar-refractivity contribution < 1.29 is 0 Å². The van der Waals surface area contributed by atoms with E-state index in [0.717, 1.165) is 22.6 Å². The summed E-state index contributed by atoms with van der Waals surface area (Å²) in [7, 11) is 0. The average Bonchev–Trinajstić information content (AvgIpc) is 2.70. The molecule has 0 atom stereocenters. The monoisotopic (exact) mass is 393 g/mol. The first-order valence-corrected chi connectivity index (χ1v) is 7.87. The Morgan fingerprint density at radius 2 is 1.94 bits per heavy atom. The summed E-state index contributed by atoms with van der Waals surface area (Å²) in [6, 6.07) is 7.89. The van der Waals surface area contributed by atoms with Crippen LogP contribution in [0.1, 0.15) is 10.4 Å². The molecule has 2 aromatic rings. The van der Waals surface area contributed by atoms with Crippen LogP contribution in [0.15, 0.2) is 38.6 Å². The second kappa shape index (κ2) is 6.34. The van der Waals surface area contributed by atoms with Gasteiger partial charge in [-0.15, -0.1) is 11.3 Å². The van der Waals surface area contributed by atoms with E-state index in [0.29, 0.717) is 0 Å². The minimum absolute atomic E-state index is 0.766. The third kappa shape index (κ3) is 3.80. The largest absolute Gasteiger partial charge is 0.308 e. The highest BCUT2D eigenvalue weighted by atomic mass is 79.9. The van der Waals surface area contributed by atoms with Crippen molar-refractivity contribution in [2.75, 3.05) is 0 Å². The Morgan fingerprint density at radius 3 is 2.65 bits per heavy atom. The Balaban J connectivity index is 1.94. The molecule has 90 valence electrons. The Labute approximate surface area is 126 Å². The molecular formula is C12H10Br2ClNS. The fraction of sp³-hybridized carbons (Fsp3) is 0.167. The van der Waals surface area contributed by atoms with Crippen LogP contribution in [-0.2, 0) is 13.1 Å². The molecular weight excluding hydrogens is 385 g/mol. The molecule has 1 nitrogen and oxygen atoms in total. The predicted molar refractivity (Wildman–Crippen MR) is 81.7 cm³/mol. The van der Waals surface area contributed by atoms with Crippen LogP contribution in [-0.4, -0.2) is 0 Å². The van der Waals surface area contributed by atoms with Gasteiger partial charge in [0.25, 0.3) is 0 Å². The van der Waals surface area contributed by atoms with Crippen molar-refractivity contribution in [2.24, 2.45) is 0 Å². The maximum absolute atomic E-state index is 5.97. The lowest BCUT2D eigenvalue weighted by Crippen LogP contribution is -2.12. The summed E-state index contributed by atoms with van der Waals surface area (Å²) in [6.07, 6.45) is 0. The van der Waals surface area contributed by atoms with Gasteiger partial charge in [-0.2, -0.15) is 0 Å². The van der Waals surface area contributed by atoms with Crippen molar-refractivity contribution in [3.63, 3.8) is 0 Å². The number of thiophene rings is 1. The molecule has 0 unspecified atom stereocenters. The molecule has 0 fully saturated rings. The van der Waals surface area contributed by atoms with Crippen molar-refractivity contribution in [1.82, 2.24) is 5.32 Å². The summed E-state index contributed by atoms with van der Waals surface area (Å²) < 4.78 is 2.25. The summed E-state index contributed by atoms with van der Waals surface area (Å²) in [5.41, 5.74) is 1.17. The van der Waals surface area contributed by atoms with E-state index in [1.165, 1.54) is 14.9 Å². The van der Waals surface area contributed by atoms with Crippen LogP contribution in [0.5, 0.6) is 0 Å². The number of hydrogen-bond acceptors (Lipinski definition) is 2. The molecule has 1 aromatic heterocycles. The van der Waals surface area contributed by atoms with Gasteiger partial charge in [0, 0.05) is 31.9 Å². The first-order chi connectivity index (χ1) is 8.16. The second-order valence-corrected chi connectivity index (χ2v) is 6.68. The Hall–Kier alpha value is 0.130. The van der Waals surface area contributed by atoms with E-state index in [2.05, 4.69) is 48.6 Å². The number of benzene rings is 1. The molecule has 0 amide bonds. The standard InChI is InChI=1S/C12H10Br2ClNS/c13-10-2-1-9(15)5-8(10)6-16-7-12-11(14)3-4-17-12/h1-5,16H,6-7H2. The van der Waals surface area contributed by atoms with E-state index in [4.69, 9.17) is 11.6 Å². The van der Waals surface area contributed by atoms with E-state index in [1.807, 2.05) is 18.2 Å². The minimum Gasteiger partial charge on any atom is -0.308 e. The molecule has 0 saturated carbocycles. The fourth-order valence-corrected chi connectivity index (χ4v) is 3.48. The van der Waals surface area contributed by atoms with Gasteiger partial charge < -0.3 is 5.32 Å². The number of nitrogens with one attached hydrogen (secondary N) is 1. The van der Waals surface area contributed by atoms with Gasteiger partial charge in [0.05, 0.1) is 0 Å². The van der Waals surface area contributed by atoms with Crippen LogP contribution >= 0.6 is 54.8 Å².